The number of carbonyl (C=O) groups is 1. The smallest absolute Gasteiger partial charge is 0.269 e. The quantitative estimate of drug-likeness (QED) is 0.326. The van der Waals surface area contributed by atoms with Gasteiger partial charge in [0.15, 0.2) is 5.65 Å². The highest BCUT2D eigenvalue weighted by molar-refractivity contribution is 5.92. The van der Waals surface area contributed by atoms with E-state index >= 15 is 0 Å². The van der Waals surface area contributed by atoms with Crippen molar-refractivity contribution in [3.63, 3.8) is 0 Å². The monoisotopic (exact) mass is 444 g/mol. The first-order chi connectivity index (χ1) is 16.0. The highest BCUT2D eigenvalue weighted by atomic mass is 16.6. The van der Waals surface area contributed by atoms with E-state index < -0.39 is 4.92 Å². The van der Waals surface area contributed by atoms with Gasteiger partial charge in [-0.05, 0) is 30.7 Å². The van der Waals surface area contributed by atoms with Crippen molar-refractivity contribution in [1.82, 2.24) is 19.9 Å². The topological polar surface area (TPSA) is 106 Å². The third kappa shape index (κ3) is 4.73. The van der Waals surface area contributed by atoms with Gasteiger partial charge < -0.3 is 10.2 Å². The molecule has 33 heavy (non-hydrogen) atoms. The van der Waals surface area contributed by atoms with Crippen LogP contribution >= 0.6 is 0 Å². The lowest BCUT2D eigenvalue weighted by atomic mass is 10.1. The van der Waals surface area contributed by atoms with E-state index in [0.29, 0.717) is 19.6 Å². The molecule has 2 heterocycles. The Morgan fingerprint density at radius 3 is 2.64 bits per heavy atom. The van der Waals surface area contributed by atoms with Crippen molar-refractivity contribution in [3.05, 3.63) is 88.2 Å². The van der Waals surface area contributed by atoms with Crippen LogP contribution in [0.3, 0.4) is 0 Å². The Hall–Kier alpha value is -4.11. The maximum atomic E-state index is 11.9. The van der Waals surface area contributed by atoms with Crippen LogP contribution in [0.25, 0.3) is 16.9 Å². The fraction of sp³-hybridized carbons (Fsp3) is 0.208. The van der Waals surface area contributed by atoms with Crippen molar-refractivity contribution in [2.45, 2.75) is 26.9 Å². The van der Waals surface area contributed by atoms with E-state index in [1.54, 1.807) is 40.9 Å². The largest absolute Gasteiger partial charge is 0.313 e. The number of hydrogen-bond acceptors (Lipinski definition) is 6. The first kappa shape index (κ1) is 22.1. The lowest BCUT2D eigenvalue weighted by Gasteiger charge is -2.19. The van der Waals surface area contributed by atoms with Crippen LogP contribution in [0.4, 0.5) is 11.4 Å². The first-order valence-corrected chi connectivity index (χ1v) is 10.6. The molecule has 0 saturated carbocycles. The second-order valence-electron chi connectivity index (χ2n) is 7.58. The Morgan fingerprint density at radius 1 is 1.15 bits per heavy atom. The summed E-state index contributed by atoms with van der Waals surface area (Å²) in [5, 5.41) is 18.7. The van der Waals surface area contributed by atoms with Crippen molar-refractivity contribution >= 4 is 22.9 Å². The average Bonchev–Trinajstić information content (AvgIpc) is 3.23. The fourth-order valence-electron chi connectivity index (χ4n) is 3.78. The standard InChI is InChI=1S/C24H24N6O3/c1-3-28(17(2)31)22-6-4-5-19(13-22)23-11-12-26-24-20(16-27-29(23)24)15-25-14-18-7-9-21(10-8-18)30(32)33/h4-13,16,25H,3,14-15H2,1-2H3. The number of amides is 1. The molecule has 0 spiro atoms. The van der Waals surface area contributed by atoms with E-state index in [4.69, 9.17) is 0 Å². The summed E-state index contributed by atoms with van der Waals surface area (Å²) in [6.45, 7) is 5.21. The van der Waals surface area contributed by atoms with Gasteiger partial charge in [0.2, 0.25) is 5.91 Å². The average molecular weight is 444 g/mol. The zero-order chi connectivity index (χ0) is 23.4. The second kappa shape index (κ2) is 9.58. The molecule has 0 fully saturated rings. The van der Waals surface area contributed by atoms with Gasteiger partial charge in [-0.1, -0.05) is 24.3 Å². The highest BCUT2D eigenvalue weighted by Crippen LogP contribution is 2.26. The van der Waals surface area contributed by atoms with Crippen molar-refractivity contribution in [2.75, 3.05) is 11.4 Å². The summed E-state index contributed by atoms with van der Waals surface area (Å²) in [5.74, 6) is -0.00463. The van der Waals surface area contributed by atoms with Crippen molar-refractivity contribution < 1.29 is 9.72 Å². The van der Waals surface area contributed by atoms with Gasteiger partial charge in [0.25, 0.3) is 5.69 Å². The summed E-state index contributed by atoms with van der Waals surface area (Å²) in [5.41, 5.74) is 5.36. The van der Waals surface area contributed by atoms with Crippen LogP contribution in [0, 0.1) is 10.1 Å². The molecule has 0 radical (unpaired) electrons. The van der Waals surface area contributed by atoms with E-state index in [2.05, 4.69) is 15.4 Å². The molecule has 0 bridgehead atoms. The number of non-ortho nitro benzene ring substituents is 1. The molecule has 9 nitrogen and oxygen atoms in total. The molecule has 0 aliphatic carbocycles. The molecule has 0 atom stereocenters. The summed E-state index contributed by atoms with van der Waals surface area (Å²) < 4.78 is 1.80. The Balaban J connectivity index is 1.53. The zero-order valence-corrected chi connectivity index (χ0v) is 18.4. The van der Waals surface area contributed by atoms with E-state index in [1.807, 2.05) is 37.3 Å². The molecule has 2 aromatic carbocycles. The van der Waals surface area contributed by atoms with Crippen LogP contribution in [0.1, 0.15) is 25.0 Å². The number of hydrogen-bond donors (Lipinski definition) is 1. The third-order valence-corrected chi connectivity index (χ3v) is 5.42. The number of nitrogens with one attached hydrogen (secondary N) is 1. The molecular weight excluding hydrogens is 420 g/mol. The van der Waals surface area contributed by atoms with E-state index in [-0.39, 0.29) is 11.6 Å². The Kier molecular flexibility index (Phi) is 6.41. The van der Waals surface area contributed by atoms with Crippen LogP contribution < -0.4 is 10.2 Å². The molecule has 0 aliphatic heterocycles. The minimum Gasteiger partial charge on any atom is -0.313 e. The second-order valence-corrected chi connectivity index (χ2v) is 7.58. The lowest BCUT2D eigenvalue weighted by Crippen LogP contribution is -2.27. The van der Waals surface area contributed by atoms with Gasteiger partial charge in [0.05, 0.1) is 16.8 Å². The molecule has 4 aromatic rings. The highest BCUT2D eigenvalue weighted by Gasteiger charge is 2.13. The molecular formula is C24H24N6O3. The Morgan fingerprint density at radius 2 is 1.94 bits per heavy atom. The number of fused-ring (bicyclic) bond motifs is 1. The lowest BCUT2D eigenvalue weighted by molar-refractivity contribution is -0.384. The van der Waals surface area contributed by atoms with Gasteiger partial charge in [-0.3, -0.25) is 14.9 Å². The summed E-state index contributed by atoms with van der Waals surface area (Å²) in [6, 6.07) is 16.2. The van der Waals surface area contributed by atoms with Gasteiger partial charge in [-0.15, -0.1) is 0 Å². The number of nitro benzene ring substituents is 1. The molecule has 9 heteroatoms. The molecule has 0 unspecified atom stereocenters. The van der Waals surface area contributed by atoms with Crippen LogP contribution in [0.2, 0.25) is 0 Å². The van der Waals surface area contributed by atoms with Crippen LogP contribution in [0.15, 0.2) is 67.0 Å². The number of aromatic nitrogens is 3. The molecule has 0 aliphatic rings. The number of nitro groups is 1. The van der Waals surface area contributed by atoms with Crippen LogP contribution in [-0.4, -0.2) is 32.0 Å². The molecule has 1 amide bonds. The molecule has 2 aromatic heterocycles. The number of nitrogens with zero attached hydrogens (tertiary/aromatic N) is 5. The minimum absolute atomic E-state index is 0.00463. The summed E-state index contributed by atoms with van der Waals surface area (Å²) in [7, 11) is 0. The fourth-order valence-corrected chi connectivity index (χ4v) is 3.78. The van der Waals surface area contributed by atoms with Crippen LogP contribution in [0.5, 0.6) is 0 Å². The number of carbonyl (C=O) groups excluding carboxylic acids is 1. The third-order valence-electron chi connectivity index (χ3n) is 5.42. The van der Waals surface area contributed by atoms with Gasteiger partial charge in [0.1, 0.15) is 0 Å². The number of rotatable bonds is 8. The summed E-state index contributed by atoms with van der Waals surface area (Å²) in [4.78, 5) is 28.6. The maximum absolute atomic E-state index is 11.9. The zero-order valence-electron chi connectivity index (χ0n) is 18.4. The minimum atomic E-state index is -0.408. The van der Waals surface area contributed by atoms with Gasteiger partial charge >= 0.3 is 0 Å². The van der Waals surface area contributed by atoms with Gasteiger partial charge in [0, 0.05) is 61.7 Å². The summed E-state index contributed by atoms with van der Waals surface area (Å²) >= 11 is 0. The van der Waals surface area contributed by atoms with Gasteiger partial charge in [-0.2, -0.15) is 5.10 Å². The number of anilines is 1. The molecule has 0 saturated heterocycles. The Bertz CT molecular complexity index is 1300. The van der Waals surface area contributed by atoms with E-state index in [1.165, 1.54) is 12.1 Å². The SMILES string of the molecule is CCN(C(C)=O)c1cccc(-c2ccnc3c(CNCc4ccc([N+](=O)[O-])cc4)cnn23)c1. The first-order valence-electron chi connectivity index (χ1n) is 10.6. The molecule has 168 valence electrons. The predicted octanol–water partition coefficient (Wildman–Crippen LogP) is 3.97. The predicted molar refractivity (Wildman–Crippen MR) is 126 cm³/mol. The number of benzene rings is 2. The van der Waals surface area contributed by atoms with Crippen molar-refractivity contribution in [3.8, 4) is 11.3 Å². The maximum Gasteiger partial charge on any atom is 0.269 e. The van der Waals surface area contributed by atoms with Crippen LogP contribution in [-0.2, 0) is 17.9 Å². The Labute approximate surface area is 190 Å². The normalized spacial score (nSPS) is 11.0. The van der Waals surface area contributed by atoms with Gasteiger partial charge in [-0.25, -0.2) is 9.50 Å². The van der Waals surface area contributed by atoms with Crippen molar-refractivity contribution in [1.29, 1.82) is 0 Å². The van der Waals surface area contributed by atoms with E-state index in [0.717, 1.165) is 33.7 Å². The van der Waals surface area contributed by atoms with E-state index in [9.17, 15) is 14.9 Å². The van der Waals surface area contributed by atoms with Crippen molar-refractivity contribution in [2.24, 2.45) is 0 Å². The molecule has 4 rings (SSSR count). The molecule has 1 N–H and O–H groups in total. The summed E-state index contributed by atoms with van der Waals surface area (Å²) in [6.07, 6.45) is 3.54.